The second kappa shape index (κ2) is 8.20. The van der Waals surface area contributed by atoms with E-state index in [1.807, 2.05) is 32.0 Å². The number of benzene rings is 1. The third-order valence-corrected chi connectivity index (χ3v) is 3.43. The minimum Gasteiger partial charge on any atom is -0.443 e. The van der Waals surface area contributed by atoms with Crippen LogP contribution in [0, 0.1) is 0 Å². The van der Waals surface area contributed by atoms with Crippen molar-refractivity contribution in [3.8, 4) is 0 Å². The third kappa shape index (κ3) is 5.43. The first-order valence-electron chi connectivity index (χ1n) is 7.84. The van der Waals surface area contributed by atoms with Crippen LogP contribution in [0.3, 0.4) is 0 Å². The Kier molecular flexibility index (Phi) is 6.88. The number of carbonyl (C=O) groups excluding carboxylic acids is 2. The molecule has 1 saturated heterocycles. The Labute approximate surface area is 142 Å². The summed E-state index contributed by atoms with van der Waals surface area (Å²) in [5, 5.41) is 1.89. The Hall–Kier alpha value is -1.75. The number of hydrogen-bond acceptors (Lipinski definition) is 3. The predicted octanol–water partition coefficient (Wildman–Crippen LogP) is 4.47. The van der Waals surface area contributed by atoms with E-state index in [4.69, 9.17) is 16.3 Å². The van der Waals surface area contributed by atoms with E-state index in [0.717, 1.165) is 5.56 Å². The summed E-state index contributed by atoms with van der Waals surface area (Å²) < 4.78 is 5.19. The highest BCUT2D eigenvalue weighted by Crippen LogP contribution is 2.35. The van der Waals surface area contributed by atoms with Crippen LogP contribution in [0.25, 0.3) is 0 Å². The number of amides is 2. The van der Waals surface area contributed by atoms with Crippen molar-refractivity contribution in [1.29, 1.82) is 0 Å². The number of nitrogens with zero attached hydrogens (tertiary/aromatic N) is 1. The lowest BCUT2D eigenvalue weighted by Crippen LogP contribution is -2.46. The minimum absolute atomic E-state index is 0.147. The van der Waals surface area contributed by atoms with Gasteiger partial charge in [0.15, 0.2) is 0 Å². The monoisotopic (exact) mass is 340 g/mol. The lowest BCUT2D eigenvalue weighted by Gasteiger charge is -2.28. The Morgan fingerprint density at radius 1 is 1.30 bits per heavy atom. The molecule has 1 heterocycles. The van der Waals surface area contributed by atoms with Crippen LogP contribution in [0.4, 0.5) is 4.79 Å². The molecular weight excluding hydrogens is 316 g/mol. The number of nitrogens with one attached hydrogen (secondary N) is 1. The van der Waals surface area contributed by atoms with Gasteiger partial charge in [-0.1, -0.05) is 43.6 Å². The first kappa shape index (κ1) is 19.3. The highest BCUT2D eigenvalue weighted by Gasteiger charge is 2.35. The maximum absolute atomic E-state index is 12.0. The fourth-order valence-electron chi connectivity index (χ4n) is 2.26. The summed E-state index contributed by atoms with van der Waals surface area (Å²) >= 11 is 6.18. The second-order valence-corrected chi connectivity index (χ2v) is 6.36. The van der Waals surface area contributed by atoms with Crippen molar-refractivity contribution in [2.75, 3.05) is 0 Å². The summed E-state index contributed by atoms with van der Waals surface area (Å²) in [6.45, 7) is 9.30. The summed E-state index contributed by atoms with van der Waals surface area (Å²) in [6.07, 6.45) is 0.333. The SMILES string of the molecule is CC.CC(C)(C)OC(=O)NN1C(=O)CCC1c1ccccc1Cl. The molecular formula is C17H25ClN2O3. The van der Waals surface area contributed by atoms with E-state index in [1.54, 1.807) is 26.8 Å². The Morgan fingerprint density at radius 2 is 1.91 bits per heavy atom. The summed E-state index contributed by atoms with van der Waals surface area (Å²) in [6, 6.07) is 7.05. The molecule has 128 valence electrons. The molecule has 5 nitrogen and oxygen atoms in total. The first-order chi connectivity index (χ1) is 10.8. The summed E-state index contributed by atoms with van der Waals surface area (Å²) in [4.78, 5) is 23.8. The molecule has 1 aliphatic heterocycles. The maximum atomic E-state index is 12.0. The molecule has 0 aliphatic carbocycles. The van der Waals surface area contributed by atoms with Crippen LogP contribution in [-0.2, 0) is 9.53 Å². The van der Waals surface area contributed by atoms with Crippen LogP contribution in [0.15, 0.2) is 24.3 Å². The van der Waals surface area contributed by atoms with E-state index in [9.17, 15) is 9.59 Å². The largest absolute Gasteiger partial charge is 0.443 e. The van der Waals surface area contributed by atoms with Gasteiger partial charge in [0.05, 0.1) is 6.04 Å². The van der Waals surface area contributed by atoms with Crippen molar-refractivity contribution >= 4 is 23.6 Å². The lowest BCUT2D eigenvalue weighted by molar-refractivity contribution is -0.132. The van der Waals surface area contributed by atoms with Crippen LogP contribution >= 0.6 is 11.6 Å². The Balaban J connectivity index is 0.00000127. The highest BCUT2D eigenvalue weighted by molar-refractivity contribution is 6.31. The van der Waals surface area contributed by atoms with E-state index < -0.39 is 11.7 Å². The molecule has 1 aromatic carbocycles. The van der Waals surface area contributed by atoms with E-state index in [-0.39, 0.29) is 11.9 Å². The van der Waals surface area contributed by atoms with E-state index in [2.05, 4.69) is 5.43 Å². The van der Waals surface area contributed by atoms with Crippen molar-refractivity contribution < 1.29 is 14.3 Å². The normalized spacial score (nSPS) is 17.4. The zero-order valence-electron chi connectivity index (χ0n) is 14.4. The number of carbonyl (C=O) groups is 2. The van der Waals surface area contributed by atoms with Crippen molar-refractivity contribution in [1.82, 2.24) is 10.4 Å². The topological polar surface area (TPSA) is 58.6 Å². The molecule has 1 aromatic rings. The molecule has 23 heavy (non-hydrogen) atoms. The van der Waals surface area contributed by atoms with Gasteiger partial charge in [0.2, 0.25) is 5.91 Å². The van der Waals surface area contributed by atoms with Crippen LogP contribution < -0.4 is 5.43 Å². The number of rotatable bonds is 2. The van der Waals surface area contributed by atoms with Crippen LogP contribution in [-0.4, -0.2) is 22.6 Å². The molecule has 2 amide bonds. The maximum Gasteiger partial charge on any atom is 0.426 e. The second-order valence-electron chi connectivity index (χ2n) is 5.95. The number of hydrogen-bond donors (Lipinski definition) is 1. The van der Waals surface area contributed by atoms with Gasteiger partial charge in [-0.05, 0) is 38.8 Å². The number of hydrazine groups is 1. The summed E-state index contributed by atoms with van der Waals surface area (Å²) in [5.41, 5.74) is 2.73. The molecule has 0 radical (unpaired) electrons. The van der Waals surface area contributed by atoms with Crippen molar-refractivity contribution in [2.24, 2.45) is 0 Å². The quantitative estimate of drug-likeness (QED) is 0.864. The molecule has 1 aliphatic rings. The fraction of sp³-hybridized carbons (Fsp3) is 0.529. The Morgan fingerprint density at radius 3 is 2.48 bits per heavy atom. The van der Waals surface area contributed by atoms with Crippen LogP contribution in [0.1, 0.15) is 59.1 Å². The van der Waals surface area contributed by atoms with E-state index >= 15 is 0 Å². The molecule has 2 rings (SSSR count). The van der Waals surface area contributed by atoms with E-state index in [0.29, 0.717) is 17.9 Å². The van der Waals surface area contributed by atoms with Gasteiger partial charge in [0, 0.05) is 11.4 Å². The smallest absolute Gasteiger partial charge is 0.426 e. The molecule has 0 bridgehead atoms. The number of ether oxygens (including phenoxy) is 1. The summed E-state index contributed by atoms with van der Waals surface area (Å²) in [5.74, 6) is -0.147. The Bertz CT molecular complexity index is 555. The molecule has 0 spiro atoms. The highest BCUT2D eigenvalue weighted by atomic mass is 35.5. The van der Waals surface area contributed by atoms with Gasteiger partial charge in [0.1, 0.15) is 5.60 Å². The lowest BCUT2D eigenvalue weighted by atomic mass is 10.1. The van der Waals surface area contributed by atoms with Crippen molar-refractivity contribution in [2.45, 2.75) is 59.1 Å². The number of halogens is 1. The average molecular weight is 341 g/mol. The molecule has 1 N–H and O–H groups in total. The van der Waals surface area contributed by atoms with Gasteiger partial charge in [0.25, 0.3) is 0 Å². The summed E-state index contributed by atoms with van der Waals surface area (Å²) in [7, 11) is 0. The van der Waals surface area contributed by atoms with Gasteiger partial charge in [-0.25, -0.2) is 15.2 Å². The van der Waals surface area contributed by atoms with Gasteiger partial charge in [-0.3, -0.25) is 4.79 Å². The fourth-order valence-corrected chi connectivity index (χ4v) is 2.52. The van der Waals surface area contributed by atoms with Gasteiger partial charge >= 0.3 is 6.09 Å². The molecule has 1 unspecified atom stereocenters. The van der Waals surface area contributed by atoms with Gasteiger partial charge in [-0.2, -0.15) is 0 Å². The predicted molar refractivity (Wildman–Crippen MR) is 91.0 cm³/mol. The van der Waals surface area contributed by atoms with Gasteiger partial charge in [-0.15, -0.1) is 0 Å². The molecule has 0 saturated carbocycles. The van der Waals surface area contributed by atoms with Gasteiger partial charge < -0.3 is 4.74 Å². The van der Waals surface area contributed by atoms with E-state index in [1.165, 1.54) is 5.01 Å². The standard InChI is InChI=1S/C15H19ClN2O3.C2H6/c1-15(2,3)21-14(20)17-18-12(8-9-13(18)19)10-6-4-5-7-11(10)16;1-2/h4-7,12H,8-9H2,1-3H3,(H,17,20);1-2H3. The molecule has 1 atom stereocenters. The first-order valence-corrected chi connectivity index (χ1v) is 8.22. The van der Waals surface area contributed by atoms with Crippen molar-refractivity contribution in [3.05, 3.63) is 34.9 Å². The molecule has 1 fully saturated rings. The molecule has 0 aromatic heterocycles. The zero-order chi connectivity index (χ0) is 17.6. The van der Waals surface area contributed by atoms with Crippen molar-refractivity contribution in [3.63, 3.8) is 0 Å². The third-order valence-electron chi connectivity index (χ3n) is 3.09. The van der Waals surface area contributed by atoms with Crippen LogP contribution in [0.2, 0.25) is 5.02 Å². The average Bonchev–Trinajstić information content (AvgIpc) is 2.81. The van der Waals surface area contributed by atoms with Crippen LogP contribution in [0.5, 0.6) is 0 Å². The molecule has 6 heteroatoms. The zero-order valence-corrected chi connectivity index (χ0v) is 15.1. The minimum atomic E-state index is -0.644.